The molecule has 2 atom stereocenters. The maximum absolute atomic E-state index is 10.2. The van der Waals surface area contributed by atoms with Gasteiger partial charge in [0.05, 0.1) is 6.10 Å². The number of hydrogen-bond acceptors (Lipinski definition) is 5. The smallest absolute Gasteiger partial charge is 0.150 e. The van der Waals surface area contributed by atoms with Gasteiger partial charge < -0.3 is 25.2 Å². The van der Waals surface area contributed by atoms with Crippen LogP contribution < -0.4 is 4.74 Å². The summed E-state index contributed by atoms with van der Waals surface area (Å²) < 4.78 is 5.71. The molecule has 1 heterocycles. The summed E-state index contributed by atoms with van der Waals surface area (Å²) in [5.74, 6) is 0.262. The molecule has 1 aliphatic rings. The molecule has 3 rings (SSSR count). The molecule has 110 valence electrons. The number of aliphatic hydroxyl groups excluding tert-OH is 1. The van der Waals surface area contributed by atoms with Gasteiger partial charge in [-0.3, -0.25) is 0 Å². The van der Waals surface area contributed by atoms with Crippen LogP contribution in [0.25, 0.3) is 0 Å². The summed E-state index contributed by atoms with van der Waals surface area (Å²) in [5.41, 5.74) is 1.84. The summed E-state index contributed by atoms with van der Waals surface area (Å²) in [4.78, 5) is 0. The molecule has 5 heteroatoms. The summed E-state index contributed by atoms with van der Waals surface area (Å²) in [6.45, 7) is 1.78. The molecule has 0 radical (unpaired) electrons. The number of aryl methyl sites for hydroxylation is 1. The Morgan fingerprint density at radius 2 is 1.81 bits per heavy atom. The first-order valence-corrected chi connectivity index (χ1v) is 6.65. The van der Waals surface area contributed by atoms with Crippen LogP contribution in [0, 0.1) is 6.92 Å². The van der Waals surface area contributed by atoms with E-state index in [-0.39, 0.29) is 23.7 Å². The molecule has 2 aromatic rings. The molecule has 0 aromatic heterocycles. The zero-order valence-electron chi connectivity index (χ0n) is 11.4. The second kappa shape index (κ2) is 4.86. The van der Waals surface area contributed by atoms with Crippen molar-refractivity contribution in [3.05, 3.63) is 47.0 Å². The van der Waals surface area contributed by atoms with Crippen LogP contribution in [0.1, 0.15) is 22.8 Å². The van der Waals surface area contributed by atoms with Crippen LogP contribution in [0.3, 0.4) is 0 Å². The maximum Gasteiger partial charge on any atom is 0.150 e. The van der Waals surface area contributed by atoms with E-state index in [1.165, 1.54) is 12.1 Å². The number of aliphatic hydroxyl groups is 1. The number of aromatic hydroxyl groups is 3. The van der Waals surface area contributed by atoms with E-state index in [4.69, 9.17) is 4.74 Å². The zero-order valence-corrected chi connectivity index (χ0v) is 11.4. The number of hydrogen-bond donors (Lipinski definition) is 4. The molecule has 0 amide bonds. The largest absolute Gasteiger partial charge is 0.508 e. The second-order valence-electron chi connectivity index (χ2n) is 5.30. The molecule has 4 N–H and O–H groups in total. The molecular weight excluding hydrogens is 272 g/mol. The van der Waals surface area contributed by atoms with Gasteiger partial charge in [0.2, 0.25) is 0 Å². The van der Waals surface area contributed by atoms with Gasteiger partial charge in [-0.2, -0.15) is 0 Å². The van der Waals surface area contributed by atoms with Crippen LogP contribution in [0.5, 0.6) is 23.0 Å². The summed E-state index contributed by atoms with van der Waals surface area (Å²) in [7, 11) is 0. The van der Waals surface area contributed by atoms with Gasteiger partial charge >= 0.3 is 0 Å². The highest BCUT2D eigenvalue weighted by molar-refractivity contribution is 5.51. The Kier molecular flexibility index (Phi) is 3.14. The normalized spacial score (nSPS) is 20.7. The van der Waals surface area contributed by atoms with Crippen molar-refractivity contribution in [3.63, 3.8) is 0 Å². The molecule has 0 fully saturated rings. The average Bonchev–Trinajstić information content (AvgIpc) is 2.42. The van der Waals surface area contributed by atoms with E-state index in [9.17, 15) is 20.4 Å². The lowest BCUT2D eigenvalue weighted by atomic mass is 9.93. The lowest BCUT2D eigenvalue weighted by Gasteiger charge is -2.31. The molecule has 1 aliphatic heterocycles. The van der Waals surface area contributed by atoms with E-state index in [2.05, 4.69) is 0 Å². The van der Waals surface area contributed by atoms with Gasteiger partial charge in [-0.15, -0.1) is 0 Å². The van der Waals surface area contributed by atoms with Gasteiger partial charge in [-0.1, -0.05) is 12.1 Å². The molecule has 2 aromatic carbocycles. The van der Waals surface area contributed by atoms with Crippen molar-refractivity contribution in [3.8, 4) is 23.0 Å². The quantitative estimate of drug-likeness (QED) is 0.645. The van der Waals surface area contributed by atoms with Crippen LogP contribution in [0.15, 0.2) is 30.3 Å². The molecule has 0 aliphatic carbocycles. The van der Waals surface area contributed by atoms with E-state index in [1.54, 1.807) is 25.1 Å². The third-order valence-electron chi connectivity index (χ3n) is 3.75. The molecule has 0 spiro atoms. The molecule has 2 unspecified atom stereocenters. The lowest BCUT2D eigenvalue weighted by molar-refractivity contribution is 0.0197. The zero-order chi connectivity index (χ0) is 15.1. The summed E-state index contributed by atoms with van der Waals surface area (Å²) in [6, 6.07) is 7.69. The van der Waals surface area contributed by atoms with Gasteiger partial charge in [0.25, 0.3) is 0 Å². The first-order chi connectivity index (χ1) is 9.95. The van der Waals surface area contributed by atoms with Crippen LogP contribution in [0.2, 0.25) is 0 Å². The molecular formula is C16H16O5. The van der Waals surface area contributed by atoms with Crippen LogP contribution in [-0.4, -0.2) is 26.5 Å². The number of ether oxygens (including phenoxy) is 1. The fourth-order valence-corrected chi connectivity index (χ4v) is 2.55. The Labute approximate surface area is 121 Å². The van der Waals surface area contributed by atoms with Crippen LogP contribution in [0.4, 0.5) is 0 Å². The predicted octanol–water partition coefficient (Wildman–Crippen LogP) is 2.15. The van der Waals surface area contributed by atoms with E-state index in [0.29, 0.717) is 16.9 Å². The Morgan fingerprint density at radius 1 is 1.05 bits per heavy atom. The highest BCUT2D eigenvalue weighted by atomic mass is 16.5. The Bertz CT molecular complexity index is 695. The molecule has 21 heavy (non-hydrogen) atoms. The van der Waals surface area contributed by atoms with Crippen molar-refractivity contribution < 1.29 is 25.2 Å². The second-order valence-corrected chi connectivity index (χ2v) is 5.30. The number of phenols is 3. The van der Waals surface area contributed by atoms with Crippen LogP contribution in [-0.2, 0) is 6.42 Å². The van der Waals surface area contributed by atoms with E-state index in [1.807, 2.05) is 0 Å². The van der Waals surface area contributed by atoms with Crippen molar-refractivity contribution >= 4 is 0 Å². The summed E-state index contributed by atoms with van der Waals surface area (Å²) in [6.07, 6.45) is -1.30. The highest BCUT2D eigenvalue weighted by Crippen LogP contribution is 2.42. The van der Waals surface area contributed by atoms with Crippen molar-refractivity contribution in [1.82, 2.24) is 0 Å². The third-order valence-corrected chi connectivity index (χ3v) is 3.75. The average molecular weight is 288 g/mol. The highest BCUT2D eigenvalue weighted by Gasteiger charge is 2.32. The maximum atomic E-state index is 10.2. The van der Waals surface area contributed by atoms with Crippen molar-refractivity contribution in [2.75, 3.05) is 0 Å². The molecule has 0 saturated heterocycles. The Hall–Kier alpha value is -2.40. The molecule has 0 saturated carbocycles. The topological polar surface area (TPSA) is 90.2 Å². The number of fused-ring (bicyclic) bond motifs is 1. The van der Waals surface area contributed by atoms with Gasteiger partial charge in [0.1, 0.15) is 29.1 Å². The van der Waals surface area contributed by atoms with Gasteiger partial charge in [0.15, 0.2) is 0 Å². The molecule has 5 nitrogen and oxygen atoms in total. The van der Waals surface area contributed by atoms with Gasteiger partial charge in [-0.05, 0) is 24.1 Å². The van der Waals surface area contributed by atoms with Crippen LogP contribution >= 0.6 is 0 Å². The lowest BCUT2D eigenvalue weighted by Crippen LogP contribution is -2.30. The standard InChI is InChI=1S/C16H16O5/c1-8-2-3-9(4-12(8)18)16-14(20)7-11-13(19)5-10(17)6-15(11)21-16/h2-6,14,16-20H,7H2,1H3. The fourth-order valence-electron chi connectivity index (χ4n) is 2.55. The predicted molar refractivity (Wildman–Crippen MR) is 75.7 cm³/mol. The van der Waals surface area contributed by atoms with E-state index < -0.39 is 12.2 Å². The SMILES string of the molecule is Cc1ccc(C2Oc3cc(O)cc(O)c3CC2O)cc1O. The van der Waals surface area contributed by atoms with Gasteiger partial charge in [0, 0.05) is 24.1 Å². The number of phenolic OH excluding ortho intramolecular Hbond substituents is 3. The Balaban J connectivity index is 2.00. The summed E-state index contributed by atoms with van der Waals surface area (Å²) >= 11 is 0. The fraction of sp³-hybridized carbons (Fsp3) is 0.250. The monoisotopic (exact) mass is 288 g/mol. The minimum Gasteiger partial charge on any atom is -0.508 e. The number of rotatable bonds is 1. The number of benzene rings is 2. The van der Waals surface area contributed by atoms with E-state index >= 15 is 0 Å². The van der Waals surface area contributed by atoms with Crippen molar-refractivity contribution in [1.29, 1.82) is 0 Å². The van der Waals surface area contributed by atoms with Crippen molar-refractivity contribution in [2.24, 2.45) is 0 Å². The minimum atomic E-state index is -0.852. The first kappa shape index (κ1) is 13.6. The van der Waals surface area contributed by atoms with Gasteiger partial charge in [-0.25, -0.2) is 0 Å². The third kappa shape index (κ3) is 2.36. The van der Waals surface area contributed by atoms with E-state index in [0.717, 1.165) is 5.56 Å². The summed E-state index contributed by atoms with van der Waals surface area (Å²) in [5, 5.41) is 39.4. The molecule has 0 bridgehead atoms. The first-order valence-electron chi connectivity index (χ1n) is 6.65. The minimum absolute atomic E-state index is 0.103. The Morgan fingerprint density at radius 3 is 2.52 bits per heavy atom. The van der Waals surface area contributed by atoms with Crippen molar-refractivity contribution in [2.45, 2.75) is 25.6 Å².